The van der Waals surface area contributed by atoms with Crippen molar-refractivity contribution in [3.05, 3.63) is 54.4 Å². The van der Waals surface area contributed by atoms with E-state index in [9.17, 15) is 4.79 Å². The van der Waals surface area contributed by atoms with Gasteiger partial charge in [0.2, 0.25) is 5.91 Å². The predicted molar refractivity (Wildman–Crippen MR) is 83.2 cm³/mol. The van der Waals surface area contributed by atoms with E-state index in [2.05, 4.69) is 5.10 Å². The Hall–Kier alpha value is -2.14. The number of morpholine rings is 1. The highest BCUT2D eigenvalue weighted by Gasteiger charge is 2.31. The van der Waals surface area contributed by atoms with Gasteiger partial charge in [0, 0.05) is 18.9 Å². The first-order valence-corrected chi connectivity index (χ1v) is 7.63. The highest BCUT2D eigenvalue weighted by Crippen LogP contribution is 2.26. The van der Waals surface area contributed by atoms with Crippen LogP contribution in [0.4, 0.5) is 0 Å². The first kappa shape index (κ1) is 14.8. The summed E-state index contributed by atoms with van der Waals surface area (Å²) in [6.45, 7) is 5.09. The molecule has 1 saturated heterocycles. The van der Waals surface area contributed by atoms with Gasteiger partial charge in [-0.15, -0.1) is 0 Å². The molecule has 1 amide bonds. The minimum Gasteiger partial charge on any atom is -0.367 e. The maximum atomic E-state index is 12.7. The molecule has 1 fully saturated rings. The van der Waals surface area contributed by atoms with Crippen LogP contribution < -0.4 is 0 Å². The Balaban J connectivity index is 1.75. The Morgan fingerprint density at radius 2 is 2.05 bits per heavy atom. The second-order valence-corrected chi connectivity index (χ2v) is 5.75. The molecule has 0 N–H and O–H groups in total. The molecule has 0 saturated carbocycles. The maximum absolute atomic E-state index is 12.7. The number of rotatable bonds is 3. The monoisotopic (exact) mass is 299 g/mol. The molecular weight excluding hydrogens is 278 g/mol. The number of hydrogen-bond donors (Lipinski definition) is 0. The summed E-state index contributed by atoms with van der Waals surface area (Å²) in [5.41, 5.74) is 1.11. The SMILES string of the molecule is CC1CN(C(=O)C(C)n2cccn2)CC(c2ccccc2)O1. The lowest BCUT2D eigenvalue weighted by molar-refractivity contribution is -0.148. The van der Waals surface area contributed by atoms with E-state index < -0.39 is 0 Å². The third-order valence-electron chi connectivity index (χ3n) is 4.02. The van der Waals surface area contributed by atoms with Crippen LogP contribution in [0.2, 0.25) is 0 Å². The van der Waals surface area contributed by atoms with Crippen LogP contribution in [0.25, 0.3) is 0 Å². The smallest absolute Gasteiger partial charge is 0.247 e. The van der Waals surface area contributed by atoms with Crippen molar-refractivity contribution in [2.75, 3.05) is 13.1 Å². The molecule has 22 heavy (non-hydrogen) atoms. The van der Waals surface area contributed by atoms with E-state index in [1.807, 2.05) is 61.3 Å². The molecule has 3 atom stereocenters. The van der Waals surface area contributed by atoms with Gasteiger partial charge in [-0.05, 0) is 25.5 Å². The number of carbonyl (C=O) groups is 1. The molecule has 1 aliphatic heterocycles. The van der Waals surface area contributed by atoms with Gasteiger partial charge in [0.05, 0.1) is 12.6 Å². The second-order valence-electron chi connectivity index (χ2n) is 5.75. The molecule has 0 bridgehead atoms. The first-order valence-electron chi connectivity index (χ1n) is 7.63. The molecule has 5 nitrogen and oxygen atoms in total. The van der Waals surface area contributed by atoms with E-state index >= 15 is 0 Å². The van der Waals surface area contributed by atoms with Gasteiger partial charge in [0.15, 0.2) is 0 Å². The van der Waals surface area contributed by atoms with Gasteiger partial charge >= 0.3 is 0 Å². The summed E-state index contributed by atoms with van der Waals surface area (Å²) in [5, 5.41) is 4.17. The summed E-state index contributed by atoms with van der Waals surface area (Å²) >= 11 is 0. The molecule has 1 aromatic carbocycles. The fraction of sp³-hybridized carbons (Fsp3) is 0.412. The van der Waals surface area contributed by atoms with E-state index in [-0.39, 0.29) is 24.2 Å². The van der Waals surface area contributed by atoms with Gasteiger partial charge in [-0.1, -0.05) is 30.3 Å². The number of benzene rings is 1. The zero-order valence-corrected chi connectivity index (χ0v) is 12.9. The number of ether oxygens (including phenoxy) is 1. The van der Waals surface area contributed by atoms with Gasteiger partial charge in [-0.2, -0.15) is 5.10 Å². The van der Waals surface area contributed by atoms with Crippen LogP contribution in [-0.4, -0.2) is 39.8 Å². The number of carbonyl (C=O) groups excluding carboxylic acids is 1. The molecule has 0 spiro atoms. The highest BCUT2D eigenvalue weighted by atomic mass is 16.5. The normalized spacial score (nSPS) is 23.3. The number of hydrogen-bond acceptors (Lipinski definition) is 3. The third kappa shape index (κ3) is 3.04. The van der Waals surface area contributed by atoms with Crippen LogP contribution in [0.5, 0.6) is 0 Å². The van der Waals surface area contributed by atoms with E-state index in [4.69, 9.17) is 4.74 Å². The molecule has 2 aromatic rings. The highest BCUT2D eigenvalue weighted by molar-refractivity contribution is 5.80. The first-order chi connectivity index (χ1) is 10.6. The number of nitrogens with zero attached hydrogens (tertiary/aromatic N) is 3. The molecule has 1 aliphatic rings. The molecule has 5 heteroatoms. The average Bonchev–Trinajstić information content (AvgIpc) is 3.08. The molecule has 116 valence electrons. The molecule has 3 unspecified atom stereocenters. The van der Waals surface area contributed by atoms with Crippen LogP contribution in [0.15, 0.2) is 48.8 Å². The molecular formula is C17H21N3O2. The zero-order valence-electron chi connectivity index (χ0n) is 12.9. The van der Waals surface area contributed by atoms with Crippen molar-refractivity contribution in [1.82, 2.24) is 14.7 Å². The summed E-state index contributed by atoms with van der Waals surface area (Å²) in [7, 11) is 0. The van der Waals surface area contributed by atoms with Crippen LogP contribution in [-0.2, 0) is 9.53 Å². The van der Waals surface area contributed by atoms with E-state index in [1.54, 1.807) is 10.9 Å². The third-order valence-corrected chi connectivity index (χ3v) is 4.02. The van der Waals surface area contributed by atoms with Crippen LogP contribution in [0, 0.1) is 0 Å². The summed E-state index contributed by atoms with van der Waals surface area (Å²) in [6, 6.07) is 11.6. The lowest BCUT2D eigenvalue weighted by Crippen LogP contribution is -2.48. The van der Waals surface area contributed by atoms with Gasteiger partial charge in [-0.25, -0.2) is 0 Å². The van der Waals surface area contributed by atoms with Crippen molar-refractivity contribution in [3.8, 4) is 0 Å². The van der Waals surface area contributed by atoms with Gasteiger partial charge in [-0.3, -0.25) is 9.48 Å². The topological polar surface area (TPSA) is 47.4 Å². The van der Waals surface area contributed by atoms with Crippen LogP contribution >= 0.6 is 0 Å². The van der Waals surface area contributed by atoms with Gasteiger partial charge < -0.3 is 9.64 Å². The number of aromatic nitrogens is 2. The standard InChI is InChI=1S/C17H21N3O2/c1-13-11-19(17(21)14(2)20-10-6-9-18-20)12-16(22-13)15-7-4-3-5-8-15/h3-10,13-14,16H,11-12H2,1-2H3. The van der Waals surface area contributed by atoms with Crippen molar-refractivity contribution in [3.63, 3.8) is 0 Å². The zero-order chi connectivity index (χ0) is 15.5. The minimum atomic E-state index is -0.295. The van der Waals surface area contributed by atoms with Crippen molar-refractivity contribution in [2.24, 2.45) is 0 Å². The van der Waals surface area contributed by atoms with E-state index in [0.717, 1.165) is 5.56 Å². The van der Waals surface area contributed by atoms with E-state index in [0.29, 0.717) is 13.1 Å². The largest absolute Gasteiger partial charge is 0.367 e. The lowest BCUT2D eigenvalue weighted by Gasteiger charge is -2.38. The quantitative estimate of drug-likeness (QED) is 0.874. The Labute approximate surface area is 130 Å². The molecule has 1 aromatic heterocycles. The number of amides is 1. The minimum absolute atomic E-state index is 0.0210. The summed E-state index contributed by atoms with van der Waals surface area (Å²) in [4.78, 5) is 14.6. The van der Waals surface area contributed by atoms with Crippen LogP contribution in [0.1, 0.15) is 31.6 Å². The summed E-state index contributed by atoms with van der Waals surface area (Å²) in [6.07, 6.45) is 3.46. The summed E-state index contributed by atoms with van der Waals surface area (Å²) < 4.78 is 7.70. The summed E-state index contributed by atoms with van der Waals surface area (Å²) in [5.74, 6) is 0.0831. The lowest BCUT2D eigenvalue weighted by atomic mass is 10.1. The van der Waals surface area contributed by atoms with Crippen molar-refractivity contribution < 1.29 is 9.53 Å². The average molecular weight is 299 g/mol. The van der Waals surface area contributed by atoms with Crippen molar-refractivity contribution in [2.45, 2.75) is 32.1 Å². The molecule has 3 rings (SSSR count). The second kappa shape index (κ2) is 6.32. The maximum Gasteiger partial charge on any atom is 0.247 e. The van der Waals surface area contributed by atoms with Gasteiger partial charge in [0.1, 0.15) is 12.1 Å². The molecule has 0 radical (unpaired) electrons. The van der Waals surface area contributed by atoms with E-state index in [1.165, 1.54) is 0 Å². The predicted octanol–water partition coefficient (Wildman–Crippen LogP) is 2.43. The Morgan fingerprint density at radius 1 is 1.27 bits per heavy atom. The van der Waals surface area contributed by atoms with Crippen molar-refractivity contribution >= 4 is 5.91 Å². The Morgan fingerprint density at radius 3 is 2.73 bits per heavy atom. The Kier molecular flexibility index (Phi) is 4.24. The van der Waals surface area contributed by atoms with Crippen molar-refractivity contribution in [1.29, 1.82) is 0 Å². The molecule has 2 heterocycles. The Bertz CT molecular complexity index is 612. The van der Waals surface area contributed by atoms with Crippen LogP contribution in [0.3, 0.4) is 0 Å². The fourth-order valence-electron chi connectivity index (χ4n) is 2.87. The fourth-order valence-corrected chi connectivity index (χ4v) is 2.87. The van der Waals surface area contributed by atoms with Gasteiger partial charge in [0.25, 0.3) is 0 Å². The molecule has 0 aliphatic carbocycles.